The first-order valence-electron chi connectivity index (χ1n) is 6.17. The van der Waals surface area contributed by atoms with E-state index in [2.05, 4.69) is 0 Å². The Morgan fingerprint density at radius 3 is 2.05 bits per heavy atom. The molecule has 0 aliphatic heterocycles. The highest BCUT2D eigenvalue weighted by atomic mass is 32.1. The van der Waals surface area contributed by atoms with Gasteiger partial charge in [-0.05, 0) is 18.4 Å². The Hall–Kier alpha value is -0.650. The summed E-state index contributed by atoms with van der Waals surface area (Å²) < 4.78 is 0. The van der Waals surface area contributed by atoms with E-state index < -0.39 is 11.6 Å². The molecule has 1 aromatic rings. The third-order valence-electron chi connectivity index (χ3n) is 3.74. The van der Waals surface area contributed by atoms with Gasteiger partial charge in [-0.1, -0.05) is 49.6 Å². The molecule has 1 aromatic carbocycles. The summed E-state index contributed by atoms with van der Waals surface area (Å²) in [5.74, 6) is -1.30. The molecular weight excluding hydrogens is 280 g/mol. The Labute approximate surface area is 127 Å². The highest BCUT2D eigenvalue weighted by Gasteiger charge is 2.45. The van der Waals surface area contributed by atoms with Crippen LogP contribution in [0.5, 0.6) is 0 Å². The number of carboxylic acids is 1. The van der Waals surface area contributed by atoms with Gasteiger partial charge < -0.3 is 10.2 Å². The number of hydrogen-bond donors (Lipinski definition) is 2. The summed E-state index contributed by atoms with van der Waals surface area (Å²) in [6.07, 6.45) is 4.73. The maximum Gasteiger partial charge on any atom is 0.340 e. The van der Waals surface area contributed by atoms with Gasteiger partial charge in [0.2, 0.25) is 0 Å². The zero-order valence-electron chi connectivity index (χ0n) is 10.8. The van der Waals surface area contributed by atoms with Gasteiger partial charge in [-0.3, -0.25) is 0 Å². The SMILES string of the molecule is O=C(O)[C@](O)(c1ccccc1)C1CCCCC1.S.S. The van der Waals surface area contributed by atoms with Gasteiger partial charge in [-0.2, -0.15) is 27.0 Å². The highest BCUT2D eigenvalue weighted by Crippen LogP contribution is 2.39. The van der Waals surface area contributed by atoms with Crippen LogP contribution in [-0.2, 0) is 10.4 Å². The van der Waals surface area contributed by atoms with E-state index in [9.17, 15) is 15.0 Å². The number of carboxylic acid groups (broad SMARTS) is 1. The van der Waals surface area contributed by atoms with Gasteiger partial charge >= 0.3 is 5.97 Å². The molecule has 2 rings (SSSR count). The van der Waals surface area contributed by atoms with Crippen molar-refractivity contribution in [3.05, 3.63) is 35.9 Å². The largest absolute Gasteiger partial charge is 0.479 e. The Morgan fingerprint density at radius 1 is 1.05 bits per heavy atom. The van der Waals surface area contributed by atoms with E-state index in [1.807, 2.05) is 6.07 Å². The first kappa shape index (κ1) is 18.4. The van der Waals surface area contributed by atoms with Gasteiger partial charge in [-0.15, -0.1) is 0 Å². The Kier molecular flexibility index (Phi) is 7.55. The van der Waals surface area contributed by atoms with E-state index in [1.165, 1.54) is 0 Å². The van der Waals surface area contributed by atoms with Gasteiger partial charge in [0.15, 0.2) is 5.60 Å². The zero-order chi connectivity index (χ0) is 12.3. The lowest BCUT2D eigenvalue weighted by atomic mass is 9.73. The van der Waals surface area contributed by atoms with E-state index >= 15 is 0 Å². The Bertz CT molecular complexity index is 391. The van der Waals surface area contributed by atoms with E-state index in [1.54, 1.807) is 24.3 Å². The minimum absolute atomic E-state index is 0. The van der Waals surface area contributed by atoms with Gasteiger partial charge in [0, 0.05) is 5.92 Å². The van der Waals surface area contributed by atoms with Crippen LogP contribution in [0.4, 0.5) is 0 Å². The predicted molar refractivity (Wildman–Crippen MR) is 85.3 cm³/mol. The summed E-state index contributed by atoms with van der Waals surface area (Å²) in [4.78, 5) is 11.5. The van der Waals surface area contributed by atoms with Crippen molar-refractivity contribution in [3.8, 4) is 0 Å². The van der Waals surface area contributed by atoms with Crippen molar-refractivity contribution >= 4 is 33.0 Å². The molecule has 0 heterocycles. The molecule has 0 bridgehead atoms. The number of benzene rings is 1. The molecule has 0 amide bonds. The maximum atomic E-state index is 11.5. The van der Waals surface area contributed by atoms with Crippen molar-refractivity contribution in [1.29, 1.82) is 0 Å². The van der Waals surface area contributed by atoms with Crippen molar-refractivity contribution in [2.45, 2.75) is 37.7 Å². The second-order valence-electron chi connectivity index (χ2n) is 4.77. The molecule has 19 heavy (non-hydrogen) atoms. The summed E-state index contributed by atoms with van der Waals surface area (Å²) in [5.41, 5.74) is -1.22. The number of rotatable bonds is 3. The standard InChI is InChI=1S/C14H18O3.2H2S/c15-13(16)14(17,11-7-3-1-4-8-11)12-9-5-2-6-10-12;;/h1,3-4,7-8,12,17H,2,5-6,9-10H2,(H,15,16);2*1H2/t14-;;/m0../s1. The maximum absolute atomic E-state index is 11.5. The van der Waals surface area contributed by atoms with Crippen LogP contribution in [0, 0.1) is 5.92 Å². The first-order chi connectivity index (χ1) is 8.15. The third-order valence-corrected chi connectivity index (χ3v) is 3.74. The minimum Gasteiger partial charge on any atom is -0.479 e. The summed E-state index contributed by atoms with van der Waals surface area (Å²) in [6.45, 7) is 0. The second kappa shape index (κ2) is 7.82. The molecule has 5 heteroatoms. The van der Waals surface area contributed by atoms with Crippen LogP contribution in [-0.4, -0.2) is 16.2 Å². The van der Waals surface area contributed by atoms with E-state index in [0.717, 1.165) is 32.1 Å². The molecule has 0 spiro atoms. The van der Waals surface area contributed by atoms with Crippen molar-refractivity contribution in [3.63, 3.8) is 0 Å². The van der Waals surface area contributed by atoms with Gasteiger partial charge in [0.1, 0.15) is 0 Å². The summed E-state index contributed by atoms with van der Waals surface area (Å²) >= 11 is 0. The van der Waals surface area contributed by atoms with Crippen LogP contribution >= 0.6 is 27.0 Å². The molecule has 0 unspecified atom stereocenters. The average Bonchev–Trinajstić information content (AvgIpc) is 2.39. The number of aliphatic hydroxyl groups is 1. The van der Waals surface area contributed by atoms with Crippen LogP contribution in [0.25, 0.3) is 0 Å². The number of aliphatic carboxylic acids is 1. The lowest BCUT2D eigenvalue weighted by Gasteiger charge is -2.35. The van der Waals surface area contributed by atoms with Crippen molar-refractivity contribution in [2.24, 2.45) is 5.92 Å². The molecule has 1 saturated carbocycles. The molecular formula is C14H22O3S2. The normalized spacial score (nSPS) is 18.6. The smallest absolute Gasteiger partial charge is 0.340 e. The van der Waals surface area contributed by atoms with Crippen LogP contribution < -0.4 is 0 Å². The monoisotopic (exact) mass is 302 g/mol. The summed E-state index contributed by atoms with van der Waals surface area (Å²) in [6, 6.07) is 8.76. The molecule has 1 aliphatic rings. The zero-order valence-corrected chi connectivity index (χ0v) is 12.8. The van der Waals surface area contributed by atoms with E-state index in [4.69, 9.17) is 0 Å². The van der Waals surface area contributed by atoms with Crippen LogP contribution in [0.3, 0.4) is 0 Å². The molecule has 3 nitrogen and oxygen atoms in total. The fourth-order valence-electron chi connectivity index (χ4n) is 2.75. The number of carbonyl (C=O) groups is 1. The molecule has 0 radical (unpaired) electrons. The predicted octanol–water partition coefficient (Wildman–Crippen LogP) is 2.76. The topological polar surface area (TPSA) is 57.5 Å². The molecule has 1 aliphatic carbocycles. The highest BCUT2D eigenvalue weighted by molar-refractivity contribution is 7.59. The lowest BCUT2D eigenvalue weighted by molar-refractivity contribution is -0.168. The van der Waals surface area contributed by atoms with Gasteiger partial charge in [0.25, 0.3) is 0 Å². The van der Waals surface area contributed by atoms with Crippen molar-refractivity contribution in [1.82, 2.24) is 0 Å². The fraction of sp³-hybridized carbons (Fsp3) is 0.500. The fourth-order valence-corrected chi connectivity index (χ4v) is 2.75. The van der Waals surface area contributed by atoms with Crippen molar-refractivity contribution < 1.29 is 15.0 Å². The second-order valence-corrected chi connectivity index (χ2v) is 4.77. The van der Waals surface area contributed by atoms with E-state index in [-0.39, 0.29) is 32.9 Å². The minimum atomic E-state index is -1.72. The summed E-state index contributed by atoms with van der Waals surface area (Å²) in [7, 11) is 0. The lowest BCUT2D eigenvalue weighted by Crippen LogP contribution is -2.43. The average molecular weight is 302 g/mol. The van der Waals surface area contributed by atoms with Gasteiger partial charge in [-0.25, -0.2) is 4.79 Å². The molecule has 1 atom stereocenters. The summed E-state index contributed by atoms with van der Waals surface area (Å²) in [5, 5.41) is 20.0. The van der Waals surface area contributed by atoms with Crippen LogP contribution in [0.2, 0.25) is 0 Å². The Balaban J connectivity index is 0.00000162. The van der Waals surface area contributed by atoms with E-state index in [0.29, 0.717) is 5.56 Å². The molecule has 0 saturated heterocycles. The molecule has 2 N–H and O–H groups in total. The number of hydrogen-bond acceptors (Lipinski definition) is 2. The third kappa shape index (κ3) is 3.68. The Morgan fingerprint density at radius 2 is 1.58 bits per heavy atom. The molecule has 108 valence electrons. The molecule has 1 fully saturated rings. The van der Waals surface area contributed by atoms with Crippen LogP contribution in [0.1, 0.15) is 37.7 Å². The van der Waals surface area contributed by atoms with Crippen LogP contribution in [0.15, 0.2) is 30.3 Å². The quantitative estimate of drug-likeness (QED) is 0.902. The molecule has 0 aromatic heterocycles. The van der Waals surface area contributed by atoms with Crippen molar-refractivity contribution in [2.75, 3.05) is 0 Å². The first-order valence-corrected chi connectivity index (χ1v) is 6.17. The van der Waals surface area contributed by atoms with Gasteiger partial charge in [0.05, 0.1) is 0 Å².